The van der Waals surface area contributed by atoms with E-state index in [0.717, 1.165) is 19.4 Å². The molecule has 6 heteroatoms. The molecule has 5 nitrogen and oxygen atoms in total. The van der Waals surface area contributed by atoms with Crippen LogP contribution < -0.4 is 5.32 Å². The quantitative estimate of drug-likeness (QED) is 0.848. The second-order valence-corrected chi connectivity index (χ2v) is 7.07. The van der Waals surface area contributed by atoms with Crippen molar-refractivity contribution in [2.45, 2.75) is 26.7 Å². The summed E-state index contributed by atoms with van der Waals surface area (Å²) in [6.45, 7) is 5.73. The zero-order valence-corrected chi connectivity index (χ0v) is 13.7. The second kappa shape index (κ2) is 6.05. The average Bonchev–Trinajstić information content (AvgIpc) is 2.36. The molecule has 0 saturated carbocycles. The number of carbonyl (C=O) groups is 2. The molecule has 2 N–H and O–H groups in total. The van der Waals surface area contributed by atoms with Crippen LogP contribution in [0.1, 0.15) is 37.0 Å². The summed E-state index contributed by atoms with van der Waals surface area (Å²) in [4.78, 5) is 25.1. The van der Waals surface area contributed by atoms with Gasteiger partial charge in [0.1, 0.15) is 0 Å². The predicted octanol–water partition coefficient (Wildman–Crippen LogP) is 3.80. The molecule has 114 valence electrons. The second-order valence-electron chi connectivity index (χ2n) is 6.15. The van der Waals surface area contributed by atoms with E-state index in [2.05, 4.69) is 35.1 Å². The van der Waals surface area contributed by atoms with E-state index in [1.165, 1.54) is 12.1 Å². The minimum atomic E-state index is -1.02. The maximum atomic E-state index is 12.3. The minimum Gasteiger partial charge on any atom is -0.478 e. The number of amides is 2. The fourth-order valence-corrected chi connectivity index (χ4v) is 3.08. The molecule has 1 aliphatic rings. The molecule has 21 heavy (non-hydrogen) atoms. The maximum absolute atomic E-state index is 12.3. The molecule has 0 bridgehead atoms. The fourth-order valence-electron chi connectivity index (χ4n) is 2.58. The molecule has 1 heterocycles. The lowest BCUT2D eigenvalue weighted by molar-refractivity contribution is 0.0696. The highest BCUT2D eigenvalue weighted by atomic mass is 79.9. The molecule has 0 unspecified atom stereocenters. The van der Waals surface area contributed by atoms with Gasteiger partial charge in [0.05, 0.1) is 5.56 Å². The molecule has 0 radical (unpaired) electrons. The molecule has 1 aliphatic heterocycles. The van der Waals surface area contributed by atoms with E-state index in [-0.39, 0.29) is 17.0 Å². The van der Waals surface area contributed by atoms with Gasteiger partial charge >= 0.3 is 12.0 Å². The number of carboxylic acid groups (broad SMARTS) is 1. The Morgan fingerprint density at radius 3 is 2.67 bits per heavy atom. The van der Waals surface area contributed by atoms with Crippen LogP contribution in [-0.4, -0.2) is 35.1 Å². The Morgan fingerprint density at radius 2 is 2.05 bits per heavy atom. The van der Waals surface area contributed by atoms with Gasteiger partial charge in [0.25, 0.3) is 0 Å². The Balaban J connectivity index is 2.11. The summed E-state index contributed by atoms with van der Waals surface area (Å²) >= 11 is 3.26. The van der Waals surface area contributed by atoms with Crippen LogP contribution in [0.2, 0.25) is 0 Å². The number of piperidine rings is 1. The molecular weight excluding hydrogens is 336 g/mol. The van der Waals surface area contributed by atoms with Crippen LogP contribution in [0.15, 0.2) is 22.7 Å². The van der Waals surface area contributed by atoms with Crippen LogP contribution in [0.5, 0.6) is 0 Å². The molecule has 2 amide bonds. The first-order valence-corrected chi connectivity index (χ1v) is 7.66. The van der Waals surface area contributed by atoms with Crippen molar-refractivity contribution >= 4 is 33.6 Å². The van der Waals surface area contributed by atoms with Crippen molar-refractivity contribution in [1.29, 1.82) is 0 Å². The Bertz CT molecular complexity index is 572. The molecule has 0 spiro atoms. The van der Waals surface area contributed by atoms with E-state index >= 15 is 0 Å². The lowest BCUT2D eigenvalue weighted by atomic mass is 9.84. The van der Waals surface area contributed by atoms with E-state index in [4.69, 9.17) is 5.11 Å². The van der Waals surface area contributed by atoms with Gasteiger partial charge in [0, 0.05) is 23.2 Å². The van der Waals surface area contributed by atoms with Gasteiger partial charge in [0.15, 0.2) is 0 Å². The van der Waals surface area contributed by atoms with E-state index in [1.54, 1.807) is 11.0 Å². The van der Waals surface area contributed by atoms with Crippen LogP contribution in [0.4, 0.5) is 10.5 Å². The number of halogens is 1. The lowest BCUT2D eigenvalue weighted by Crippen LogP contribution is -2.45. The van der Waals surface area contributed by atoms with Gasteiger partial charge < -0.3 is 15.3 Å². The van der Waals surface area contributed by atoms with Crippen LogP contribution in [-0.2, 0) is 0 Å². The van der Waals surface area contributed by atoms with Crippen molar-refractivity contribution in [2.75, 3.05) is 18.4 Å². The van der Waals surface area contributed by atoms with Crippen LogP contribution in [0, 0.1) is 5.41 Å². The molecule has 0 aliphatic carbocycles. The van der Waals surface area contributed by atoms with Crippen molar-refractivity contribution in [3.8, 4) is 0 Å². The Hall–Kier alpha value is -1.56. The molecule has 1 saturated heterocycles. The molecule has 0 aromatic heterocycles. The van der Waals surface area contributed by atoms with Crippen LogP contribution >= 0.6 is 15.9 Å². The third-order valence-corrected chi connectivity index (χ3v) is 4.04. The summed E-state index contributed by atoms with van der Waals surface area (Å²) in [6.07, 6.45) is 2.09. The zero-order chi connectivity index (χ0) is 15.6. The minimum absolute atomic E-state index is 0.124. The number of rotatable bonds is 2. The van der Waals surface area contributed by atoms with E-state index in [0.29, 0.717) is 16.7 Å². The number of carboxylic acids is 1. The third kappa shape index (κ3) is 4.20. The smallest absolute Gasteiger partial charge is 0.335 e. The number of carbonyl (C=O) groups excluding carboxylic acids is 1. The number of hydrogen-bond donors (Lipinski definition) is 2. The number of aromatic carboxylic acids is 1. The fraction of sp³-hybridized carbons (Fsp3) is 0.467. The SMILES string of the molecule is CC1(C)CCCN(C(=O)Nc2cc(Br)cc(C(=O)O)c2)C1. The van der Waals surface area contributed by atoms with E-state index in [1.807, 2.05) is 0 Å². The Kier molecular flexibility index (Phi) is 4.56. The number of anilines is 1. The molecular formula is C15H19BrN2O3. The number of hydrogen-bond acceptors (Lipinski definition) is 2. The summed E-state index contributed by atoms with van der Waals surface area (Å²) in [5, 5.41) is 11.8. The van der Waals surface area contributed by atoms with Crippen molar-refractivity contribution < 1.29 is 14.7 Å². The van der Waals surface area contributed by atoms with Gasteiger partial charge in [-0.25, -0.2) is 9.59 Å². The topological polar surface area (TPSA) is 69.6 Å². The maximum Gasteiger partial charge on any atom is 0.335 e. The lowest BCUT2D eigenvalue weighted by Gasteiger charge is -2.37. The van der Waals surface area contributed by atoms with Gasteiger partial charge in [-0.1, -0.05) is 29.8 Å². The van der Waals surface area contributed by atoms with Crippen LogP contribution in [0.25, 0.3) is 0 Å². The van der Waals surface area contributed by atoms with Gasteiger partial charge in [0.2, 0.25) is 0 Å². The van der Waals surface area contributed by atoms with Crippen molar-refractivity contribution in [3.63, 3.8) is 0 Å². The predicted molar refractivity (Wildman–Crippen MR) is 84.7 cm³/mol. The number of urea groups is 1. The van der Waals surface area contributed by atoms with E-state index in [9.17, 15) is 9.59 Å². The zero-order valence-electron chi connectivity index (χ0n) is 12.1. The summed E-state index contributed by atoms with van der Waals surface area (Å²) in [7, 11) is 0. The number of benzene rings is 1. The summed E-state index contributed by atoms with van der Waals surface area (Å²) in [5.41, 5.74) is 0.743. The van der Waals surface area contributed by atoms with Crippen molar-refractivity contribution in [3.05, 3.63) is 28.2 Å². The third-order valence-electron chi connectivity index (χ3n) is 3.58. The molecule has 2 rings (SSSR count). The van der Waals surface area contributed by atoms with Gasteiger partial charge in [-0.2, -0.15) is 0 Å². The largest absolute Gasteiger partial charge is 0.478 e. The van der Waals surface area contributed by atoms with Crippen molar-refractivity contribution in [2.24, 2.45) is 5.41 Å². The van der Waals surface area contributed by atoms with Crippen LogP contribution in [0.3, 0.4) is 0 Å². The summed E-state index contributed by atoms with van der Waals surface area (Å²) in [6, 6.07) is 4.47. The first kappa shape index (κ1) is 15.8. The van der Waals surface area contributed by atoms with Gasteiger partial charge in [-0.05, 0) is 36.5 Å². The summed E-state index contributed by atoms with van der Waals surface area (Å²) in [5.74, 6) is -1.02. The highest BCUT2D eigenvalue weighted by Crippen LogP contribution is 2.29. The first-order chi connectivity index (χ1) is 9.77. The Morgan fingerprint density at radius 1 is 1.33 bits per heavy atom. The first-order valence-electron chi connectivity index (χ1n) is 6.87. The molecule has 0 atom stereocenters. The molecule has 1 fully saturated rings. The Labute approximate surface area is 132 Å². The molecule has 1 aromatic rings. The number of nitrogens with zero attached hydrogens (tertiary/aromatic N) is 1. The van der Waals surface area contributed by atoms with Crippen molar-refractivity contribution in [1.82, 2.24) is 4.90 Å². The highest BCUT2D eigenvalue weighted by molar-refractivity contribution is 9.10. The summed E-state index contributed by atoms with van der Waals surface area (Å²) < 4.78 is 0.622. The number of likely N-dealkylation sites (tertiary alicyclic amines) is 1. The molecule has 1 aromatic carbocycles. The standard InChI is InChI=1S/C15H19BrN2O3/c1-15(2)4-3-5-18(9-15)14(21)17-12-7-10(13(19)20)6-11(16)8-12/h6-8H,3-5,9H2,1-2H3,(H,17,21)(H,19,20). The van der Waals surface area contributed by atoms with E-state index < -0.39 is 5.97 Å². The average molecular weight is 355 g/mol. The monoisotopic (exact) mass is 354 g/mol. The highest BCUT2D eigenvalue weighted by Gasteiger charge is 2.29. The van der Waals surface area contributed by atoms with Gasteiger partial charge in [-0.15, -0.1) is 0 Å². The normalized spacial score (nSPS) is 17.4. The number of nitrogens with one attached hydrogen (secondary N) is 1. The van der Waals surface area contributed by atoms with Gasteiger partial charge in [-0.3, -0.25) is 0 Å².